The highest BCUT2D eigenvalue weighted by atomic mass is 16.5. The highest BCUT2D eigenvalue weighted by Crippen LogP contribution is 2.25. The van der Waals surface area contributed by atoms with E-state index in [-0.39, 0.29) is 6.61 Å². The van der Waals surface area contributed by atoms with Gasteiger partial charge in [-0.05, 0) is 12.1 Å². The van der Waals surface area contributed by atoms with Crippen molar-refractivity contribution in [2.75, 3.05) is 13.7 Å². The molecule has 0 radical (unpaired) electrons. The molecule has 0 fully saturated rings. The van der Waals surface area contributed by atoms with Crippen LogP contribution in [0, 0.1) is 0 Å². The van der Waals surface area contributed by atoms with Crippen LogP contribution in [0.5, 0.6) is 11.5 Å². The molecule has 1 unspecified atom stereocenters. The van der Waals surface area contributed by atoms with Crippen LogP contribution in [0.4, 0.5) is 4.79 Å². The van der Waals surface area contributed by atoms with Crippen molar-refractivity contribution in [3.8, 4) is 11.5 Å². The zero-order valence-corrected chi connectivity index (χ0v) is 9.70. The number of hydrogen-bond acceptors (Lipinski definition) is 6. The number of aliphatic hydroxyl groups excluding tert-OH is 2. The molecule has 7 heteroatoms. The Hall–Kier alpha value is -1.99. The fourth-order valence-corrected chi connectivity index (χ4v) is 1.22. The summed E-state index contributed by atoms with van der Waals surface area (Å²) in [5.74, 6) is 0.840. The lowest BCUT2D eigenvalue weighted by molar-refractivity contribution is -0.255. The summed E-state index contributed by atoms with van der Waals surface area (Å²) in [6, 6.07) is 6.73. The monoisotopic (exact) mass is 256 g/mol. The van der Waals surface area contributed by atoms with Gasteiger partial charge in [0.2, 0.25) is 0 Å². The van der Waals surface area contributed by atoms with Crippen molar-refractivity contribution in [2.45, 2.75) is 12.3 Å². The smallest absolute Gasteiger partial charge is 0.161 e. The van der Waals surface area contributed by atoms with Crippen molar-refractivity contribution in [3.05, 3.63) is 24.3 Å². The molecule has 0 aliphatic carbocycles. The van der Waals surface area contributed by atoms with E-state index in [9.17, 15) is 20.1 Å². The summed E-state index contributed by atoms with van der Waals surface area (Å²) in [6.45, 7) is -0.304. The standard InChI is InChI=1S/C11H15NO6/c1-17-8-4-2-3-5-9(8)18-6-7(13)10(14)12-11(15)16/h2-5,7,10,12-14H,6H2,1H3,(H,15,16)/p-1/t7-,10?/m0/s1. The van der Waals surface area contributed by atoms with E-state index in [1.807, 2.05) is 0 Å². The molecular weight excluding hydrogens is 242 g/mol. The number of aliphatic hydroxyl groups is 2. The van der Waals surface area contributed by atoms with Gasteiger partial charge in [0.05, 0.1) is 7.11 Å². The third kappa shape index (κ3) is 4.11. The molecule has 18 heavy (non-hydrogen) atoms. The maximum Gasteiger partial charge on any atom is 0.161 e. The van der Waals surface area contributed by atoms with E-state index in [2.05, 4.69) is 0 Å². The predicted octanol–water partition coefficient (Wildman–Crippen LogP) is -1.31. The average molecular weight is 256 g/mol. The highest BCUT2D eigenvalue weighted by Gasteiger charge is 2.17. The first kappa shape index (κ1) is 14.1. The fraction of sp³-hybridized carbons (Fsp3) is 0.364. The van der Waals surface area contributed by atoms with Crippen LogP contribution >= 0.6 is 0 Å². The number of benzene rings is 1. The Morgan fingerprint density at radius 1 is 1.39 bits per heavy atom. The Morgan fingerprint density at radius 3 is 2.56 bits per heavy atom. The van der Waals surface area contributed by atoms with E-state index in [1.165, 1.54) is 7.11 Å². The third-order valence-electron chi connectivity index (χ3n) is 2.11. The molecule has 0 aliphatic rings. The van der Waals surface area contributed by atoms with Crippen molar-refractivity contribution >= 4 is 6.09 Å². The summed E-state index contributed by atoms with van der Waals surface area (Å²) in [7, 11) is 1.46. The summed E-state index contributed by atoms with van der Waals surface area (Å²) < 4.78 is 10.2. The first-order valence-corrected chi connectivity index (χ1v) is 5.14. The van der Waals surface area contributed by atoms with Crippen molar-refractivity contribution in [3.63, 3.8) is 0 Å². The second-order valence-electron chi connectivity index (χ2n) is 3.41. The zero-order chi connectivity index (χ0) is 13.5. The zero-order valence-electron chi connectivity index (χ0n) is 9.70. The average Bonchev–Trinajstić information content (AvgIpc) is 2.35. The normalized spacial score (nSPS) is 13.5. The van der Waals surface area contributed by atoms with Crippen molar-refractivity contribution in [1.82, 2.24) is 5.32 Å². The van der Waals surface area contributed by atoms with Gasteiger partial charge in [0, 0.05) is 0 Å². The molecule has 0 heterocycles. The molecular formula is C11H14NO6-. The topological polar surface area (TPSA) is 111 Å². The van der Waals surface area contributed by atoms with E-state index in [1.54, 1.807) is 29.6 Å². The number of carbonyl (C=O) groups excluding carboxylic acids is 1. The van der Waals surface area contributed by atoms with Gasteiger partial charge in [0.1, 0.15) is 18.8 Å². The van der Waals surface area contributed by atoms with Crippen LogP contribution in [-0.2, 0) is 0 Å². The molecule has 0 aliphatic heterocycles. The van der Waals surface area contributed by atoms with Gasteiger partial charge in [-0.15, -0.1) is 0 Å². The summed E-state index contributed by atoms with van der Waals surface area (Å²) in [4.78, 5) is 10.1. The Morgan fingerprint density at radius 2 is 2.00 bits per heavy atom. The van der Waals surface area contributed by atoms with E-state index in [0.717, 1.165) is 0 Å². The highest BCUT2D eigenvalue weighted by molar-refractivity contribution is 5.62. The van der Waals surface area contributed by atoms with Gasteiger partial charge < -0.3 is 34.9 Å². The molecule has 100 valence electrons. The molecule has 0 saturated heterocycles. The van der Waals surface area contributed by atoms with Crippen molar-refractivity contribution < 1.29 is 29.6 Å². The van der Waals surface area contributed by atoms with Gasteiger partial charge >= 0.3 is 0 Å². The molecule has 1 rings (SSSR count). The minimum atomic E-state index is -1.68. The number of amides is 1. The Kier molecular flexibility index (Phi) is 5.22. The number of rotatable bonds is 6. The van der Waals surface area contributed by atoms with Crippen LogP contribution in [0.1, 0.15) is 0 Å². The molecule has 0 saturated carbocycles. The number of para-hydroxylation sites is 2. The molecule has 1 aromatic rings. The van der Waals surface area contributed by atoms with Gasteiger partial charge in [-0.3, -0.25) is 0 Å². The summed E-state index contributed by atoms with van der Waals surface area (Å²) in [5.41, 5.74) is 0. The Bertz CT molecular complexity index is 397. The van der Waals surface area contributed by atoms with Crippen LogP contribution < -0.4 is 19.9 Å². The van der Waals surface area contributed by atoms with E-state index in [0.29, 0.717) is 11.5 Å². The minimum absolute atomic E-state index is 0.304. The molecule has 0 aromatic heterocycles. The molecule has 2 atom stereocenters. The number of nitrogens with one attached hydrogen (secondary N) is 1. The maximum absolute atomic E-state index is 10.1. The summed E-state index contributed by atoms with van der Waals surface area (Å²) >= 11 is 0. The molecule has 7 nitrogen and oxygen atoms in total. The summed E-state index contributed by atoms with van der Waals surface area (Å²) in [5, 5.41) is 30.4. The van der Waals surface area contributed by atoms with Crippen molar-refractivity contribution in [1.29, 1.82) is 0 Å². The second-order valence-corrected chi connectivity index (χ2v) is 3.41. The Labute approximate surface area is 104 Å². The number of ether oxygens (including phenoxy) is 2. The number of methoxy groups -OCH3 is 1. The van der Waals surface area contributed by atoms with E-state index < -0.39 is 18.4 Å². The lowest BCUT2D eigenvalue weighted by atomic mass is 10.3. The quantitative estimate of drug-likeness (QED) is 0.545. The van der Waals surface area contributed by atoms with Crippen LogP contribution in [0.3, 0.4) is 0 Å². The van der Waals surface area contributed by atoms with Crippen LogP contribution in [0.15, 0.2) is 24.3 Å². The first-order valence-electron chi connectivity index (χ1n) is 5.14. The maximum atomic E-state index is 10.1. The summed E-state index contributed by atoms with van der Waals surface area (Å²) in [6.07, 6.45) is -4.78. The van der Waals surface area contributed by atoms with E-state index >= 15 is 0 Å². The Balaban J connectivity index is 2.51. The van der Waals surface area contributed by atoms with Crippen molar-refractivity contribution in [2.24, 2.45) is 0 Å². The van der Waals surface area contributed by atoms with Crippen LogP contribution in [0.25, 0.3) is 0 Å². The molecule has 3 N–H and O–H groups in total. The predicted molar refractivity (Wildman–Crippen MR) is 59.0 cm³/mol. The minimum Gasteiger partial charge on any atom is -0.530 e. The lowest BCUT2D eigenvalue weighted by Crippen LogP contribution is -2.50. The molecule has 1 aromatic carbocycles. The SMILES string of the molecule is COc1ccccc1OC[C@H](O)C(O)NC(=O)[O-]. The van der Waals surface area contributed by atoms with Gasteiger partial charge in [0.25, 0.3) is 0 Å². The van der Waals surface area contributed by atoms with Crippen LogP contribution in [0.2, 0.25) is 0 Å². The molecule has 1 amide bonds. The largest absolute Gasteiger partial charge is 0.530 e. The van der Waals surface area contributed by atoms with Crippen LogP contribution in [-0.4, -0.2) is 42.4 Å². The van der Waals surface area contributed by atoms with Gasteiger partial charge in [0.15, 0.2) is 17.7 Å². The van der Waals surface area contributed by atoms with Gasteiger partial charge in [-0.2, -0.15) is 0 Å². The number of carboxylic acid groups (broad SMARTS) is 1. The number of carbonyl (C=O) groups is 1. The van der Waals surface area contributed by atoms with Gasteiger partial charge in [-0.25, -0.2) is 0 Å². The van der Waals surface area contributed by atoms with Gasteiger partial charge in [-0.1, -0.05) is 12.1 Å². The second kappa shape index (κ2) is 6.67. The third-order valence-corrected chi connectivity index (χ3v) is 2.11. The first-order chi connectivity index (χ1) is 8.54. The van der Waals surface area contributed by atoms with E-state index in [4.69, 9.17) is 9.47 Å². The fourth-order valence-electron chi connectivity index (χ4n) is 1.22. The molecule has 0 bridgehead atoms. The lowest BCUT2D eigenvalue weighted by Gasteiger charge is -2.20. The number of hydrogen-bond donors (Lipinski definition) is 3. The molecule has 0 spiro atoms.